The molecule has 0 spiro atoms. The molecule has 25 heavy (non-hydrogen) atoms. The maximum atomic E-state index is 11.3. The summed E-state index contributed by atoms with van der Waals surface area (Å²) in [6.07, 6.45) is 6.26. The first-order valence-corrected chi connectivity index (χ1v) is 8.37. The van der Waals surface area contributed by atoms with Crippen LogP contribution in [-0.2, 0) is 0 Å². The topological polar surface area (TPSA) is 83.6 Å². The summed E-state index contributed by atoms with van der Waals surface area (Å²) < 4.78 is 1.88. The molecule has 7 heteroatoms. The molecule has 4 rings (SSSR count). The second kappa shape index (κ2) is 6.16. The summed E-state index contributed by atoms with van der Waals surface area (Å²) in [7, 11) is 0. The fourth-order valence-electron chi connectivity index (χ4n) is 3.63. The largest absolute Gasteiger partial charge is 0.465 e. The minimum absolute atomic E-state index is 0.125. The summed E-state index contributed by atoms with van der Waals surface area (Å²) in [6.45, 7) is 3.07. The van der Waals surface area contributed by atoms with Crippen LogP contribution in [0.4, 0.5) is 4.79 Å². The van der Waals surface area contributed by atoms with Crippen molar-refractivity contribution >= 4 is 11.7 Å². The number of hydrogen-bond acceptors (Lipinski definition) is 4. The van der Waals surface area contributed by atoms with Crippen LogP contribution >= 0.6 is 0 Å². The molecule has 1 fully saturated rings. The van der Waals surface area contributed by atoms with Gasteiger partial charge in [-0.1, -0.05) is 0 Å². The standard InChI is InChI=1S/C18H19N5O2/c1-12-16(13-4-7-19-8-5-13)17-20-9-6-15(23(17)21-12)14-3-2-10-22(11-14)18(24)25/h4-9,14H,2-3,10-11H2,1H3,(H,24,25). The lowest BCUT2D eigenvalue weighted by molar-refractivity contribution is 0.130. The van der Waals surface area contributed by atoms with E-state index < -0.39 is 6.09 Å². The van der Waals surface area contributed by atoms with Gasteiger partial charge in [0, 0.05) is 43.2 Å². The van der Waals surface area contributed by atoms with E-state index in [1.54, 1.807) is 18.6 Å². The molecule has 0 saturated carbocycles. The minimum Gasteiger partial charge on any atom is -0.465 e. The highest BCUT2D eigenvalue weighted by Gasteiger charge is 2.27. The number of nitrogens with zero attached hydrogens (tertiary/aromatic N) is 5. The summed E-state index contributed by atoms with van der Waals surface area (Å²) in [5, 5.41) is 14.0. The number of aryl methyl sites for hydroxylation is 1. The van der Waals surface area contributed by atoms with E-state index in [1.807, 2.05) is 29.6 Å². The first-order valence-electron chi connectivity index (χ1n) is 8.37. The van der Waals surface area contributed by atoms with E-state index >= 15 is 0 Å². The molecule has 1 atom stereocenters. The van der Waals surface area contributed by atoms with Crippen molar-refractivity contribution in [2.45, 2.75) is 25.7 Å². The van der Waals surface area contributed by atoms with Gasteiger partial charge in [0.25, 0.3) is 0 Å². The quantitative estimate of drug-likeness (QED) is 0.777. The van der Waals surface area contributed by atoms with Gasteiger partial charge in [0.05, 0.1) is 11.4 Å². The number of aromatic nitrogens is 4. The summed E-state index contributed by atoms with van der Waals surface area (Å²) in [5.74, 6) is 0.125. The molecule has 0 aliphatic carbocycles. The SMILES string of the molecule is Cc1nn2c(C3CCCN(C(=O)O)C3)ccnc2c1-c1ccncc1. The summed E-state index contributed by atoms with van der Waals surface area (Å²) in [4.78, 5) is 21.4. The zero-order valence-electron chi connectivity index (χ0n) is 14.0. The average Bonchev–Trinajstić information content (AvgIpc) is 2.98. The molecular weight excluding hydrogens is 318 g/mol. The van der Waals surface area contributed by atoms with Crippen molar-refractivity contribution in [3.8, 4) is 11.1 Å². The Bertz CT molecular complexity index is 922. The summed E-state index contributed by atoms with van der Waals surface area (Å²) in [6, 6.07) is 5.85. The molecule has 0 aromatic carbocycles. The molecule has 0 bridgehead atoms. The van der Waals surface area contributed by atoms with Crippen LogP contribution in [0.3, 0.4) is 0 Å². The van der Waals surface area contributed by atoms with Crippen LogP contribution in [-0.4, -0.2) is 48.8 Å². The lowest BCUT2D eigenvalue weighted by Gasteiger charge is -2.30. The molecule has 1 saturated heterocycles. The fraction of sp³-hybridized carbons (Fsp3) is 0.333. The van der Waals surface area contributed by atoms with Crippen LogP contribution < -0.4 is 0 Å². The van der Waals surface area contributed by atoms with Crippen molar-refractivity contribution in [2.24, 2.45) is 0 Å². The number of pyridine rings is 1. The zero-order valence-corrected chi connectivity index (χ0v) is 14.0. The third-order valence-electron chi connectivity index (χ3n) is 4.80. The highest BCUT2D eigenvalue weighted by atomic mass is 16.4. The smallest absolute Gasteiger partial charge is 0.407 e. The van der Waals surface area contributed by atoms with E-state index in [1.165, 1.54) is 4.90 Å². The summed E-state index contributed by atoms with van der Waals surface area (Å²) >= 11 is 0. The van der Waals surface area contributed by atoms with Gasteiger partial charge in [0.15, 0.2) is 5.65 Å². The fourth-order valence-corrected chi connectivity index (χ4v) is 3.63. The Morgan fingerprint density at radius 3 is 2.80 bits per heavy atom. The highest BCUT2D eigenvalue weighted by molar-refractivity contribution is 5.79. The maximum Gasteiger partial charge on any atom is 0.407 e. The number of carboxylic acid groups (broad SMARTS) is 1. The summed E-state index contributed by atoms with van der Waals surface area (Å²) in [5.41, 5.74) is 4.74. The van der Waals surface area contributed by atoms with Gasteiger partial charge in [-0.3, -0.25) is 4.98 Å². The highest BCUT2D eigenvalue weighted by Crippen LogP contribution is 2.31. The second-order valence-corrected chi connectivity index (χ2v) is 6.37. The number of rotatable bonds is 2. The lowest BCUT2D eigenvalue weighted by Crippen LogP contribution is -2.38. The molecule has 1 aliphatic rings. The van der Waals surface area contributed by atoms with E-state index in [0.29, 0.717) is 13.1 Å². The van der Waals surface area contributed by atoms with E-state index in [4.69, 9.17) is 5.10 Å². The number of likely N-dealkylation sites (tertiary alicyclic amines) is 1. The molecule has 0 radical (unpaired) electrons. The number of fused-ring (bicyclic) bond motifs is 1. The second-order valence-electron chi connectivity index (χ2n) is 6.37. The van der Waals surface area contributed by atoms with E-state index in [0.717, 1.165) is 41.0 Å². The van der Waals surface area contributed by atoms with Crippen molar-refractivity contribution in [3.05, 3.63) is 48.2 Å². The number of piperidine rings is 1. The maximum absolute atomic E-state index is 11.3. The molecule has 3 aromatic rings. The first-order chi connectivity index (χ1) is 12.1. The monoisotopic (exact) mass is 337 g/mol. The van der Waals surface area contributed by atoms with Gasteiger partial charge in [-0.2, -0.15) is 5.10 Å². The molecular formula is C18H19N5O2. The molecule has 1 aliphatic heterocycles. The van der Waals surface area contributed by atoms with Crippen molar-refractivity contribution in [2.75, 3.05) is 13.1 Å². The lowest BCUT2D eigenvalue weighted by atomic mass is 9.94. The predicted octanol–water partition coefficient (Wildman–Crippen LogP) is 2.96. The van der Waals surface area contributed by atoms with Gasteiger partial charge in [0.2, 0.25) is 0 Å². The van der Waals surface area contributed by atoms with Crippen LogP contribution in [0.25, 0.3) is 16.8 Å². The van der Waals surface area contributed by atoms with Gasteiger partial charge in [-0.05, 0) is 43.5 Å². The van der Waals surface area contributed by atoms with Crippen LogP contribution in [0.15, 0.2) is 36.8 Å². The Kier molecular flexibility index (Phi) is 3.83. The molecule has 4 heterocycles. The number of carbonyl (C=O) groups is 1. The Labute approximate surface area is 144 Å². The van der Waals surface area contributed by atoms with Crippen LogP contribution in [0.1, 0.15) is 30.1 Å². The first kappa shape index (κ1) is 15.6. The molecule has 128 valence electrons. The zero-order chi connectivity index (χ0) is 17.4. The van der Waals surface area contributed by atoms with E-state index in [-0.39, 0.29) is 5.92 Å². The van der Waals surface area contributed by atoms with E-state index in [9.17, 15) is 9.90 Å². The van der Waals surface area contributed by atoms with Gasteiger partial charge in [0.1, 0.15) is 0 Å². The van der Waals surface area contributed by atoms with Gasteiger partial charge in [-0.15, -0.1) is 0 Å². The van der Waals surface area contributed by atoms with Crippen LogP contribution in [0, 0.1) is 6.92 Å². The number of hydrogen-bond donors (Lipinski definition) is 1. The van der Waals surface area contributed by atoms with Gasteiger partial charge >= 0.3 is 6.09 Å². The molecule has 7 nitrogen and oxygen atoms in total. The average molecular weight is 337 g/mol. The van der Waals surface area contributed by atoms with Gasteiger partial charge < -0.3 is 10.0 Å². The molecule has 1 amide bonds. The predicted molar refractivity (Wildman–Crippen MR) is 92.5 cm³/mol. The van der Waals surface area contributed by atoms with Crippen molar-refractivity contribution < 1.29 is 9.90 Å². The Hall–Kier alpha value is -2.96. The number of amides is 1. The Morgan fingerprint density at radius 1 is 1.24 bits per heavy atom. The normalized spacial score (nSPS) is 17.8. The Morgan fingerprint density at radius 2 is 2.04 bits per heavy atom. The molecule has 1 unspecified atom stereocenters. The Balaban J connectivity index is 1.80. The molecule has 3 aromatic heterocycles. The van der Waals surface area contributed by atoms with Crippen LogP contribution in [0.5, 0.6) is 0 Å². The molecule has 1 N–H and O–H groups in total. The third-order valence-corrected chi connectivity index (χ3v) is 4.80. The van der Waals surface area contributed by atoms with Gasteiger partial charge in [-0.25, -0.2) is 14.3 Å². The van der Waals surface area contributed by atoms with Crippen molar-refractivity contribution in [1.29, 1.82) is 0 Å². The minimum atomic E-state index is -0.857. The van der Waals surface area contributed by atoms with Crippen LogP contribution in [0.2, 0.25) is 0 Å². The van der Waals surface area contributed by atoms with E-state index in [2.05, 4.69) is 9.97 Å². The third kappa shape index (κ3) is 2.71. The van der Waals surface area contributed by atoms with Crippen molar-refractivity contribution in [1.82, 2.24) is 24.5 Å². The van der Waals surface area contributed by atoms with Crippen molar-refractivity contribution in [3.63, 3.8) is 0 Å².